The highest BCUT2D eigenvalue weighted by atomic mass is 16.5. The van der Waals surface area contributed by atoms with Gasteiger partial charge in [0.05, 0.1) is 6.10 Å². The summed E-state index contributed by atoms with van der Waals surface area (Å²) < 4.78 is 5.77. The van der Waals surface area contributed by atoms with Gasteiger partial charge < -0.3 is 10.1 Å². The Balaban J connectivity index is 1.81. The zero-order chi connectivity index (χ0) is 11.2. The predicted octanol–water partition coefficient (Wildman–Crippen LogP) is 3.11. The molecule has 0 radical (unpaired) electrons. The fraction of sp³-hybridized carbons (Fsp3) is 1.00. The van der Waals surface area contributed by atoms with Crippen LogP contribution < -0.4 is 5.32 Å². The van der Waals surface area contributed by atoms with Gasteiger partial charge in [-0.3, -0.25) is 0 Å². The van der Waals surface area contributed by atoms with Crippen molar-refractivity contribution in [1.82, 2.24) is 5.32 Å². The van der Waals surface area contributed by atoms with Crippen molar-refractivity contribution < 1.29 is 4.74 Å². The monoisotopic (exact) mass is 225 g/mol. The van der Waals surface area contributed by atoms with Gasteiger partial charge in [-0.1, -0.05) is 25.7 Å². The summed E-state index contributed by atoms with van der Waals surface area (Å²) in [5.41, 5.74) is 0. The van der Waals surface area contributed by atoms with E-state index < -0.39 is 0 Å². The molecule has 2 heteroatoms. The Bertz CT molecular complexity index is 181. The molecule has 0 bridgehead atoms. The molecule has 94 valence electrons. The molecule has 0 aromatic carbocycles. The number of hydrogen-bond donors (Lipinski definition) is 1. The molecule has 2 unspecified atom stereocenters. The molecular weight excluding hydrogens is 198 g/mol. The zero-order valence-electron chi connectivity index (χ0n) is 10.7. The van der Waals surface area contributed by atoms with Crippen molar-refractivity contribution in [3.05, 3.63) is 0 Å². The van der Waals surface area contributed by atoms with Gasteiger partial charge in [-0.05, 0) is 45.1 Å². The molecule has 1 aliphatic carbocycles. The smallest absolute Gasteiger partial charge is 0.0590 e. The van der Waals surface area contributed by atoms with E-state index in [1.54, 1.807) is 0 Å². The van der Waals surface area contributed by atoms with Crippen LogP contribution in [0.1, 0.15) is 57.8 Å². The maximum atomic E-state index is 5.77. The lowest BCUT2D eigenvalue weighted by molar-refractivity contribution is 0.0864. The lowest BCUT2D eigenvalue weighted by Gasteiger charge is -2.28. The normalized spacial score (nSPS) is 30.2. The van der Waals surface area contributed by atoms with Crippen LogP contribution in [0, 0.1) is 5.92 Å². The summed E-state index contributed by atoms with van der Waals surface area (Å²) in [5.74, 6) is 0.900. The first-order chi connectivity index (χ1) is 7.90. The Kier molecular flexibility index (Phi) is 5.11. The first kappa shape index (κ1) is 12.4. The molecule has 1 saturated heterocycles. The first-order valence-corrected chi connectivity index (χ1v) is 7.19. The summed E-state index contributed by atoms with van der Waals surface area (Å²) in [5, 5.41) is 3.55. The van der Waals surface area contributed by atoms with E-state index in [9.17, 15) is 0 Å². The van der Waals surface area contributed by atoms with E-state index in [1.165, 1.54) is 57.8 Å². The van der Waals surface area contributed by atoms with Gasteiger partial charge in [-0.15, -0.1) is 0 Å². The Labute approximate surface area is 100 Å². The summed E-state index contributed by atoms with van der Waals surface area (Å²) >= 11 is 0. The van der Waals surface area contributed by atoms with E-state index in [0.717, 1.165) is 12.5 Å². The molecule has 2 rings (SSSR count). The molecule has 0 aromatic rings. The number of nitrogens with one attached hydrogen (secondary N) is 1. The van der Waals surface area contributed by atoms with Crippen molar-refractivity contribution in [2.24, 2.45) is 5.92 Å². The molecule has 2 atom stereocenters. The Hall–Kier alpha value is -0.0800. The number of hydrogen-bond acceptors (Lipinski definition) is 2. The fourth-order valence-electron chi connectivity index (χ4n) is 3.37. The standard InChI is InChI=1S/C14H27NO/c1-15-14(11-13-9-6-10-16-13)12-7-4-2-3-5-8-12/h12-15H,2-11H2,1H3. The van der Waals surface area contributed by atoms with Gasteiger partial charge in [0.15, 0.2) is 0 Å². The summed E-state index contributed by atoms with van der Waals surface area (Å²) in [4.78, 5) is 0. The number of rotatable bonds is 4. The van der Waals surface area contributed by atoms with Gasteiger partial charge in [0.2, 0.25) is 0 Å². The quantitative estimate of drug-likeness (QED) is 0.742. The van der Waals surface area contributed by atoms with Gasteiger partial charge in [-0.2, -0.15) is 0 Å². The van der Waals surface area contributed by atoms with Crippen LogP contribution in [0.15, 0.2) is 0 Å². The second-order valence-electron chi connectivity index (χ2n) is 5.52. The van der Waals surface area contributed by atoms with Crippen molar-refractivity contribution in [3.8, 4) is 0 Å². The first-order valence-electron chi connectivity index (χ1n) is 7.19. The predicted molar refractivity (Wildman–Crippen MR) is 67.6 cm³/mol. The largest absolute Gasteiger partial charge is 0.378 e. The third-order valence-electron chi connectivity index (χ3n) is 4.38. The van der Waals surface area contributed by atoms with E-state index in [0.29, 0.717) is 12.1 Å². The van der Waals surface area contributed by atoms with Crippen LogP contribution in [-0.2, 0) is 4.74 Å². The summed E-state index contributed by atoms with van der Waals surface area (Å²) in [6, 6.07) is 0.696. The van der Waals surface area contributed by atoms with E-state index in [2.05, 4.69) is 12.4 Å². The Morgan fingerprint density at radius 1 is 1.06 bits per heavy atom. The molecule has 1 N–H and O–H groups in total. The highest BCUT2D eigenvalue weighted by molar-refractivity contribution is 4.81. The molecule has 0 aromatic heterocycles. The Morgan fingerprint density at radius 3 is 2.38 bits per heavy atom. The Morgan fingerprint density at radius 2 is 1.81 bits per heavy atom. The van der Waals surface area contributed by atoms with Gasteiger partial charge in [-0.25, -0.2) is 0 Å². The molecule has 2 aliphatic rings. The maximum Gasteiger partial charge on any atom is 0.0590 e. The van der Waals surface area contributed by atoms with Crippen LogP contribution in [0.2, 0.25) is 0 Å². The minimum absolute atomic E-state index is 0.542. The van der Waals surface area contributed by atoms with Gasteiger partial charge in [0, 0.05) is 12.6 Å². The lowest BCUT2D eigenvalue weighted by Crippen LogP contribution is -2.36. The van der Waals surface area contributed by atoms with Crippen molar-refractivity contribution in [2.45, 2.75) is 69.9 Å². The summed E-state index contributed by atoms with van der Waals surface area (Å²) in [6.07, 6.45) is 13.0. The minimum atomic E-state index is 0.542. The zero-order valence-corrected chi connectivity index (χ0v) is 10.7. The van der Waals surface area contributed by atoms with E-state index >= 15 is 0 Å². The van der Waals surface area contributed by atoms with Crippen molar-refractivity contribution in [1.29, 1.82) is 0 Å². The van der Waals surface area contributed by atoms with Gasteiger partial charge in [0.25, 0.3) is 0 Å². The molecule has 1 saturated carbocycles. The third kappa shape index (κ3) is 3.46. The van der Waals surface area contributed by atoms with Crippen LogP contribution in [0.5, 0.6) is 0 Å². The van der Waals surface area contributed by atoms with E-state index in [1.807, 2.05) is 0 Å². The molecule has 16 heavy (non-hydrogen) atoms. The molecule has 1 aliphatic heterocycles. The van der Waals surface area contributed by atoms with Crippen molar-refractivity contribution in [2.75, 3.05) is 13.7 Å². The molecular formula is C14H27NO. The van der Waals surface area contributed by atoms with Crippen LogP contribution in [0.3, 0.4) is 0 Å². The third-order valence-corrected chi connectivity index (χ3v) is 4.38. The fourth-order valence-corrected chi connectivity index (χ4v) is 3.37. The van der Waals surface area contributed by atoms with Gasteiger partial charge in [0.1, 0.15) is 0 Å². The molecule has 0 amide bonds. The lowest BCUT2D eigenvalue weighted by atomic mass is 9.88. The van der Waals surface area contributed by atoms with Crippen molar-refractivity contribution >= 4 is 0 Å². The highest BCUT2D eigenvalue weighted by Gasteiger charge is 2.26. The average molecular weight is 225 g/mol. The summed E-state index contributed by atoms with van der Waals surface area (Å²) in [7, 11) is 2.13. The number of ether oxygens (including phenoxy) is 1. The van der Waals surface area contributed by atoms with Crippen LogP contribution in [0.4, 0.5) is 0 Å². The average Bonchev–Trinajstić information content (AvgIpc) is 2.67. The van der Waals surface area contributed by atoms with Crippen LogP contribution in [-0.4, -0.2) is 25.8 Å². The van der Waals surface area contributed by atoms with Crippen LogP contribution in [0.25, 0.3) is 0 Å². The molecule has 1 heterocycles. The minimum Gasteiger partial charge on any atom is -0.378 e. The van der Waals surface area contributed by atoms with Crippen molar-refractivity contribution in [3.63, 3.8) is 0 Å². The summed E-state index contributed by atoms with van der Waals surface area (Å²) in [6.45, 7) is 0.992. The van der Waals surface area contributed by atoms with Gasteiger partial charge >= 0.3 is 0 Å². The highest BCUT2D eigenvalue weighted by Crippen LogP contribution is 2.29. The SMILES string of the molecule is CNC(CC1CCCO1)C1CCCCCC1. The van der Waals surface area contributed by atoms with Crippen LogP contribution >= 0.6 is 0 Å². The van der Waals surface area contributed by atoms with E-state index in [-0.39, 0.29) is 0 Å². The second kappa shape index (κ2) is 6.61. The molecule has 2 nitrogen and oxygen atoms in total. The van der Waals surface area contributed by atoms with E-state index in [4.69, 9.17) is 4.74 Å². The molecule has 2 fully saturated rings. The molecule has 0 spiro atoms. The topological polar surface area (TPSA) is 21.3 Å². The maximum absolute atomic E-state index is 5.77. The second-order valence-corrected chi connectivity index (χ2v) is 5.52.